The van der Waals surface area contributed by atoms with Gasteiger partial charge in [0.25, 0.3) is 5.56 Å². The van der Waals surface area contributed by atoms with Gasteiger partial charge in [0.05, 0.1) is 18.5 Å². The molecule has 3 aromatic rings. The normalized spacial score (nSPS) is 12.7. The molecule has 1 unspecified atom stereocenters. The minimum Gasteiger partial charge on any atom is -0.395 e. The molecule has 0 bridgehead atoms. The highest BCUT2D eigenvalue weighted by Crippen LogP contribution is 2.22. The number of aliphatic hydroxyl groups excluding tert-OH is 1. The molecule has 3 rings (SSSR count). The number of fused-ring (bicyclic) bond motifs is 1. The molecule has 0 amide bonds. The van der Waals surface area contributed by atoms with Crippen LogP contribution >= 0.6 is 23.4 Å². The van der Waals surface area contributed by atoms with Gasteiger partial charge in [-0.15, -0.1) is 0 Å². The summed E-state index contributed by atoms with van der Waals surface area (Å²) in [7, 11) is 0. The maximum atomic E-state index is 12.1. The Morgan fingerprint density at radius 2 is 2.32 bits per heavy atom. The van der Waals surface area contributed by atoms with E-state index in [0.29, 0.717) is 21.2 Å². The summed E-state index contributed by atoms with van der Waals surface area (Å²) >= 11 is 7.30. The van der Waals surface area contributed by atoms with Crippen LogP contribution in [0.5, 0.6) is 0 Å². The largest absolute Gasteiger partial charge is 0.395 e. The van der Waals surface area contributed by atoms with E-state index in [4.69, 9.17) is 16.7 Å². The van der Waals surface area contributed by atoms with E-state index in [1.165, 1.54) is 18.0 Å². The lowest BCUT2D eigenvalue weighted by molar-refractivity contribution is 0.300. The molecule has 0 saturated carbocycles. The van der Waals surface area contributed by atoms with Crippen molar-refractivity contribution >= 4 is 34.4 Å². The minimum atomic E-state index is -0.258. The van der Waals surface area contributed by atoms with Crippen molar-refractivity contribution < 1.29 is 5.11 Å². The topological polar surface area (TPSA) is 83.8 Å². The molecule has 0 aliphatic rings. The first-order valence-corrected chi connectivity index (χ1v) is 7.86. The molecule has 2 aromatic heterocycles. The SMILES string of the molecule is CC(CO)Sc1nc2c(cnn2-c2cccc(Cl)c2)c(=O)[nH]1. The summed E-state index contributed by atoms with van der Waals surface area (Å²) in [5.41, 5.74) is 0.927. The monoisotopic (exact) mass is 336 g/mol. The number of rotatable bonds is 4. The number of thioether (sulfide) groups is 1. The average molecular weight is 337 g/mol. The Morgan fingerprint density at radius 1 is 1.50 bits per heavy atom. The first-order chi connectivity index (χ1) is 10.6. The molecule has 0 aliphatic carbocycles. The molecule has 2 heterocycles. The Hall–Kier alpha value is -1.83. The van der Waals surface area contributed by atoms with E-state index >= 15 is 0 Å². The third kappa shape index (κ3) is 2.87. The predicted octanol–water partition coefficient (Wildman–Crippen LogP) is 2.24. The van der Waals surface area contributed by atoms with Crippen molar-refractivity contribution in [2.24, 2.45) is 0 Å². The number of hydrogen-bond acceptors (Lipinski definition) is 5. The van der Waals surface area contributed by atoms with Crippen LogP contribution in [0.1, 0.15) is 6.92 Å². The van der Waals surface area contributed by atoms with E-state index in [1.54, 1.807) is 16.8 Å². The average Bonchev–Trinajstić information content (AvgIpc) is 2.91. The summed E-state index contributed by atoms with van der Waals surface area (Å²) in [6, 6.07) is 7.16. The van der Waals surface area contributed by atoms with E-state index < -0.39 is 0 Å². The quantitative estimate of drug-likeness (QED) is 0.564. The van der Waals surface area contributed by atoms with Gasteiger partial charge < -0.3 is 10.1 Å². The van der Waals surface area contributed by atoms with Crippen molar-refractivity contribution in [1.29, 1.82) is 0 Å². The Morgan fingerprint density at radius 3 is 3.05 bits per heavy atom. The number of nitrogens with one attached hydrogen (secondary N) is 1. The number of nitrogens with zero attached hydrogens (tertiary/aromatic N) is 3. The summed E-state index contributed by atoms with van der Waals surface area (Å²) < 4.78 is 1.57. The van der Waals surface area contributed by atoms with Crippen LogP contribution in [0.4, 0.5) is 0 Å². The minimum absolute atomic E-state index is 0.0000304. The maximum absolute atomic E-state index is 12.1. The first-order valence-electron chi connectivity index (χ1n) is 6.60. The number of aliphatic hydroxyl groups is 1. The number of halogens is 1. The van der Waals surface area contributed by atoms with Gasteiger partial charge in [0, 0.05) is 10.3 Å². The van der Waals surface area contributed by atoms with Crippen LogP contribution in [0.3, 0.4) is 0 Å². The van der Waals surface area contributed by atoms with Gasteiger partial charge in [0.15, 0.2) is 10.8 Å². The van der Waals surface area contributed by atoms with Crippen molar-refractivity contribution in [3.05, 3.63) is 45.8 Å². The number of aromatic nitrogens is 4. The molecule has 2 N–H and O–H groups in total. The van der Waals surface area contributed by atoms with Crippen molar-refractivity contribution in [2.45, 2.75) is 17.3 Å². The highest BCUT2D eigenvalue weighted by atomic mass is 35.5. The fourth-order valence-electron chi connectivity index (χ4n) is 1.98. The van der Waals surface area contributed by atoms with E-state index in [0.717, 1.165) is 5.69 Å². The van der Waals surface area contributed by atoms with Crippen LogP contribution in [0.15, 0.2) is 40.4 Å². The number of benzene rings is 1. The molecular formula is C14H13ClN4O2S. The molecule has 0 saturated heterocycles. The van der Waals surface area contributed by atoms with Gasteiger partial charge in [-0.3, -0.25) is 4.79 Å². The summed E-state index contributed by atoms with van der Waals surface area (Å²) in [4.78, 5) is 19.3. The molecule has 0 fully saturated rings. The van der Waals surface area contributed by atoms with Gasteiger partial charge in [-0.05, 0) is 18.2 Å². The van der Waals surface area contributed by atoms with Gasteiger partial charge in [0.1, 0.15) is 5.39 Å². The molecule has 1 aromatic carbocycles. The Balaban J connectivity index is 2.14. The lowest BCUT2D eigenvalue weighted by Gasteiger charge is -2.07. The van der Waals surface area contributed by atoms with E-state index in [2.05, 4.69) is 15.1 Å². The van der Waals surface area contributed by atoms with Crippen LogP contribution in [0, 0.1) is 0 Å². The van der Waals surface area contributed by atoms with Crippen molar-refractivity contribution in [3.63, 3.8) is 0 Å². The molecule has 22 heavy (non-hydrogen) atoms. The van der Waals surface area contributed by atoms with Crippen molar-refractivity contribution in [1.82, 2.24) is 19.7 Å². The second-order valence-corrected chi connectivity index (χ2v) is 6.62. The second kappa shape index (κ2) is 6.12. The highest BCUT2D eigenvalue weighted by Gasteiger charge is 2.13. The van der Waals surface area contributed by atoms with Crippen LogP contribution in [-0.4, -0.2) is 36.7 Å². The van der Waals surface area contributed by atoms with E-state index in [9.17, 15) is 4.79 Å². The van der Waals surface area contributed by atoms with Crippen molar-refractivity contribution in [3.8, 4) is 5.69 Å². The number of hydrogen-bond donors (Lipinski definition) is 2. The standard InChI is InChI=1S/C14H13ClN4O2S/c1-8(7-20)22-14-17-12-11(13(21)18-14)6-16-19(12)10-4-2-3-9(15)5-10/h2-6,8,20H,7H2,1H3,(H,17,18,21). The molecule has 8 heteroatoms. The highest BCUT2D eigenvalue weighted by molar-refractivity contribution is 7.99. The Labute approximate surface area is 135 Å². The smallest absolute Gasteiger partial charge is 0.262 e. The van der Waals surface area contributed by atoms with Crippen molar-refractivity contribution in [2.75, 3.05) is 6.61 Å². The summed E-state index contributed by atoms with van der Waals surface area (Å²) in [6.07, 6.45) is 1.48. The molecule has 0 radical (unpaired) electrons. The van der Waals surface area contributed by atoms with Crippen LogP contribution in [0.2, 0.25) is 5.02 Å². The third-order valence-corrected chi connectivity index (χ3v) is 4.24. The number of aromatic amines is 1. The molecule has 0 spiro atoms. The summed E-state index contributed by atoms with van der Waals surface area (Å²) in [6.45, 7) is 1.85. The van der Waals surface area contributed by atoms with E-state index in [-0.39, 0.29) is 17.4 Å². The Kier molecular flexibility index (Phi) is 4.19. The maximum Gasteiger partial charge on any atom is 0.262 e. The molecule has 6 nitrogen and oxygen atoms in total. The van der Waals surface area contributed by atoms with Gasteiger partial charge in [-0.1, -0.05) is 36.4 Å². The van der Waals surface area contributed by atoms with Gasteiger partial charge >= 0.3 is 0 Å². The first kappa shape index (κ1) is 15.1. The van der Waals surface area contributed by atoms with Gasteiger partial charge in [0.2, 0.25) is 0 Å². The lowest BCUT2D eigenvalue weighted by atomic mass is 10.3. The Bertz CT molecular complexity index is 877. The lowest BCUT2D eigenvalue weighted by Crippen LogP contribution is -2.12. The second-order valence-electron chi connectivity index (χ2n) is 4.76. The molecule has 0 aliphatic heterocycles. The van der Waals surface area contributed by atoms with Gasteiger partial charge in [-0.2, -0.15) is 5.10 Å². The van der Waals surface area contributed by atoms with Gasteiger partial charge in [-0.25, -0.2) is 9.67 Å². The summed E-state index contributed by atoms with van der Waals surface area (Å²) in [5.74, 6) is 0. The third-order valence-electron chi connectivity index (χ3n) is 3.04. The summed E-state index contributed by atoms with van der Waals surface area (Å²) in [5, 5.41) is 14.7. The zero-order valence-electron chi connectivity index (χ0n) is 11.7. The van der Waals surface area contributed by atoms with Crippen LogP contribution < -0.4 is 5.56 Å². The molecule has 114 valence electrons. The molecule has 1 atom stereocenters. The fraction of sp³-hybridized carbons (Fsp3) is 0.214. The van der Waals surface area contributed by atoms with Crippen LogP contribution in [0.25, 0.3) is 16.7 Å². The zero-order chi connectivity index (χ0) is 15.7. The predicted molar refractivity (Wildman–Crippen MR) is 86.9 cm³/mol. The molecular weight excluding hydrogens is 324 g/mol. The van der Waals surface area contributed by atoms with Crippen LogP contribution in [-0.2, 0) is 0 Å². The zero-order valence-corrected chi connectivity index (χ0v) is 13.2. The van der Waals surface area contributed by atoms with E-state index in [1.807, 2.05) is 19.1 Å². The fourth-order valence-corrected chi connectivity index (χ4v) is 2.91. The number of H-pyrrole nitrogens is 1.